The first-order chi connectivity index (χ1) is 9.24. The van der Waals surface area contributed by atoms with E-state index in [4.69, 9.17) is 5.73 Å². The number of nitrogens with two attached hydrogens (primary N) is 1. The Morgan fingerprint density at radius 1 is 1.21 bits per heavy atom. The summed E-state index contributed by atoms with van der Waals surface area (Å²) in [5.41, 5.74) is 7.43. The van der Waals surface area contributed by atoms with Gasteiger partial charge in [0, 0.05) is 18.3 Å². The normalized spacial score (nSPS) is 28.4. The van der Waals surface area contributed by atoms with Gasteiger partial charge >= 0.3 is 6.03 Å². The molecule has 0 radical (unpaired) electrons. The van der Waals surface area contributed by atoms with Crippen LogP contribution in [0.3, 0.4) is 0 Å². The second-order valence-electron chi connectivity index (χ2n) is 5.78. The van der Waals surface area contributed by atoms with Gasteiger partial charge in [-0.3, -0.25) is 0 Å². The van der Waals surface area contributed by atoms with Crippen LogP contribution >= 0.6 is 0 Å². The highest BCUT2D eigenvalue weighted by molar-refractivity contribution is 5.89. The third-order valence-corrected chi connectivity index (χ3v) is 4.50. The van der Waals surface area contributed by atoms with E-state index in [0.717, 1.165) is 23.6 Å². The van der Waals surface area contributed by atoms with Crippen LogP contribution in [0.2, 0.25) is 0 Å². The lowest BCUT2D eigenvalue weighted by Crippen LogP contribution is -2.40. The number of carbonyl (C=O) groups excluding carboxylic acids is 1. The molecule has 2 fully saturated rings. The summed E-state index contributed by atoms with van der Waals surface area (Å²) in [6.45, 7) is 0.525. The van der Waals surface area contributed by atoms with Gasteiger partial charge < -0.3 is 16.4 Å². The molecule has 0 aliphatic heterocycles. The van der Waals surface area contributed by atoms with Gasteiger partial charge in [-0.25, -0.2) is 4.79 Å². The topological polar surface area (TPSA) is 67.1 Å². The molecule has 4 N–H and O–H groups in total. The van der Waals surface area contributed by atoms with Crippen molar-refractivity contribution in [1.82, 2.24) is 5.32 Å². The number of fused-ring (bicyclic) bond motifs is 2. The number of carbonyl (C=O) groups is 1. The van der Waals surface area contributed by atoms with Crippen molar-refractivity contribution in [1.29, 1.82) is 0 Å². The molecule has 2 saturated carbocycles. The fourth-order valence-corrected chi connectivity index (χ4v) is 3.48. The van der Waals surface area contributed by atoms with E-state index in [0.29, 0.717) is 18.5 Å². The number of hydrogen-bond acceptors (Lipinski definition) is 2. The zero-order chi connectivity index (χ0) is 13.2. The Morgan fingerprint density at radius 2 is 2.00 bits per heavy atom. The molecular formula is C15H21N3O. The number of hydrogen-bond donors (Lipinski definition) is 3. The number of anilines is 1. The molecule has 0 aromatic heterocycles. The molecular weight excluding hydrogens is 238 g/mol. The Kier molecular flexibility index (Phi) is 3.42. The van der Waals surface area contributed by atoms with Crippen molar-refractivity contribution >= 4 is 11.7 Å². The molecule has 2 amide bonds. The van der Waals surface area contributed by atoms with Gasteiger partial charge in [0.05, 0.1) is 0 Å². The molecule has 0 heterocycles. The maximum atomic E-state index is 12.0. The first kappa shape index (κ1) is 12.5. The van der Waals surface area contributed by atoms with Crippen LogP contribution in [0, 0.1) is 11.8 Å². The highest BCUT2D eigenvalue weighted by Gasteiger charge is 2.40. The largest absolute Gasteiger partial charge is 0.335 e. The Morgan fingerprint density at radius 3 is 2.58 bits per heavy atom. The van der Waals surface area contributed by atoms with Crippen LogP contribution in [0.25, 0.3) is 0 Å². The van der Waals surface area contributed by atoms with Crippen LogP contribution < -0.4 is 16.4 Å². The van der Waals surface area contributed by atoms with Crippen LogP contribution in [-0.4, -0.2) is 12.1 Å². The molecule has 3 rings (SSSR count). The Balaban J connectivity index is 1.53. The van der Waals surface area contributed by atoms with Crippen LogP contribution in [-0.2, 0) is 6.54 Å². The van der Waals surface area contributed by atoms with Crippen molar-refractivity contribution in [3.05, 3.63) is 29.8 Å². The first-order valence-corrected chi connectivity index (χ1v) is 7.11. The molecule has 0 spiro atoms. The molecule has 19 heavy (non-hydrogen) atoms. The summed E-state index contributed by atoms with van der Waals surface area (Å²) in [5.74, 6) is 1.55. The quantitative estimate of drug-likeness (QED) is 0.780. The zero-order valence-electron chi connectivity index (χ0n) is 11.1. The van der Waals surface area contributed by atoms with E-state index in [-0.39, 0.29) is 6.03 Å². The molecule has 2 bridgehead atoms. The van der Waals surface area contributed by atoms with Gasteiger partial charge in [-0.15, -0.1) is 0 Å². The first-order valence-electron chi connectivity index (χ1n) is 7.11. The van der Waals surface area contributed by atoms with E-state index in [2.05, 4.69) is 10.6 Å². The lowest BCUT2D eigenvalue weighted by atomic mass is 9.95. The van der Waals surface area contributed by atoms with Crippen molar-refractivity contribution in [2.45, 2.75) is 38.3 Å². The molecule has 3 unspecified atom stereocenters. The van der Waals surface area contributed by atoms with Crippen LogP contribution in [0.5, 0.6) is 0 Å². The smallest absolute Gasteiger partial charge is 0.319 e. The summed E-state index contributed by atoms with van der Waals surface area (Å²) in [7, 11) is 0. The van der Waals surface area contributed by atoms with Crippen molar-refractivity contribution < 1.29 is 4.79 Å². The number of benzene rings is 1. The van der Waals surface area contributed by atoms with E-state index in [1.54, 1.807) is 0 Å². The summed E-state index contributed by atoms with van der Waals surface area (Å²) in [6, 6.07) is 7.95. The van der Waals surface area contributed by atoms with Gasteiger partial charge in [-0.05, 0) is 48.8 Å². The van der Waals surface area contributed by atoms with Gasteiger partial charge in [0.15, 0.2) is 0 Å². The lowest BCUT2D eigenvalue weighted by Gasteiger charge is -2.23. The van der Waals surface area contributed by atoms with Crippen LogP contribution in [0.4, 0.5) is 10.5 Å². The molecule has 0 saturated heterocycles. The van der Waals surface area contributed by atoms with E-state index in [9.17, 15) is 4.79 Å². The van der Waals surface area contributed by atoms with Gasteiger partial charge in [0.2, 0.25) is 0 Å². The molecule has 2 aliphatic rings. The van der Waals surface area contributed by atoms with E-state index in [1.165, 1.54) is 19.3 Å². The van der Waals surface area contributed by atoms with Crippen LogP contribution in [0.15, 0.2) is 24.3 Å². The minimum absolute atomic E-state index is 0.0851. The fraction of sp³-hybridized carbons (Fsp3) is 0.533. The van der Waals surface area contributed by atoms with Gasteiger partial charge in [-0.1, -0.05) is 18.6 Å². The fourth-order valence-electron chi connectivity index (χ4n) is 3.48. The highest BCUT2D eigenvalue weighted by Crippen LogP contribution is 2.44. The average molecular weight is 259 g/mol. The van der Waals surface area contributed by atoms with Crippen molar-refractivity contribution in [3.8, 4) is 0 Å². The van der Waals surface area contributed by atoms with E-state index < -0.39 is 0 Å². The van der Waals surface area contributed by atoms with Gasteiger partial charge in [-0.2, -0.15) is 0 Å². The molecule has 1 aromatic carbocycles. The Bertz CT molecular complexity index is 457. The molecule has 102 valence electrons. The van der Waals surface area contributed by atoms with Crippen molar-refractivity contribution in [2.75, 3.05) is 5.32 Å². The molecule has 4 nitrogen and oxygen atoms in total. The minimum Gasteiger partial charge on any atom is -0.335 e. The predicted molar refractivity (Wildman–Crippen MR) is 75.7 cm³/mol. The minimum atomic E-state index is -0.0851. The highest BCUT2D eigenvalue weighted by atomic mass is 16.2. The SMILES string of the molecule is NCc1ccc(NC(=O)NC2CC3CCC2C3)cc1. The Labute approximate surface area is 113 Å². The molecule has 4 heteroatoms. The van der Waals surface area contributed by atoms with Gasteiger partial charge in [0.1, 0.15) is 0 Å². The summed E-state index contributed by atoms with van der Waals surface area (Å²) in [6.07, 6.45) is 5.09. The lowest BCUT2D eigenvalue weighted by molar-refractivity contribution is 0.242. The molecule has 1 aromatic rings. The average Bonchev–Trinajstić information content (AvgIpc) is 3.02. The number of rotatable bonds is 3. The molecule has 2 aliphatic carbocycles. The summed E-state index contributed by atoms with van der Waals surface area (Å²) in [4.78, 5) is 12.0. The zero-order valence-corrected chi connectivity index (χ0v) is 11.1. The number of urea groups is 1. The monoisotopic (exact) mass is 259 g/mol. The third-order valence-electron chi connectivity index (χ3n) is 4.50. The Hall–Kier alpha value is -1.55. The second-order valence-corrected chi connectivity index (χ2v) is 5.78. The van der Waals surface area contributed by atoms with E-state index >= 15 is 0 Å². The van der Waals surface area contributed by atoms with E-state index in [1.807, 2.05) is 24.3 Å². The maximum absolute atomic E-state index is 12.0. The maximum Gasteiger partial charge on any atom is 0.319 e. The summed E-state index contributed by atoms with van der Waals surface area (Å²) >= 11 is 0. The second kappa shape index (κ2) is 5.21. The standard InChI is InChI=1S/C15H21N3O/c16-9-10-2-5-13(6-3-10)17-15(19)18-14-8-11-1-4-12(14)7-11/h2-3,5-6,11-12,14H,1,4,7-9,16H2,(H2,17,18,19). The summed E-state index contributed by atoms with van der Waals surface area (Å²) < 4.78 is 0. The van der Waals surface area contributed by atoms with Crippen molar-refractivity contribution in [2.24, 2.45) is 17.6 Å². The number of amides is 2. The summed E-state index contributed by atoms with van der Waals surface area (Å²) in [5, 5.41) is 6.00. The molecule has 3 atom stereocenters. The predicted octanol–water partition coefficient (Wildman–Crippen LogP) is 2.46. The van der Waals surface area contributed by atoms with Gasteiger partial charge in [0.25, 0.3) is 0 Å². The number of nitrogens with one attached hydrogen (secondary N) is 2. The van der Waals surface area contributed by atoms with Crippen LogP contribution in [0.1, 0.15) is 31.2 Å². The van der Waals surface area contributed by atoms with Crippen molar-refractivity contribution in [3.63, 3.8) is 0 Å². The third kappa shape index (κ3) is 2.73.